The molecule has 0 radical (unpaired) electrons. The van der Waals surface area contributed by atoms with Gasteiger partial charge < -0.3 is 9.64 Å². The number of carbonyl (C=O) groups excluding carboxylic acids is 2. The van der Waals surface area contributed by atoms with Gasteiger partial charge in [-0.2, -0.15) is 0 Å². The van der Waals surface area contributed by atoms with Gasteiger partial charge in [0.1, 0.15) is 4.88 Å². The van der Waals surface area contributed by atoms with Gasteiger partial charge in [0.15, 0.2) is 12.4 Å². The first-order valence-corrected chi connectivity index (χ1v) is 10.9. The second-order valence-electron chi connectivity index (χ2n) is 7.66. The SMILES string of the molecule is CN1C(=CC(=O)COC(=O)c2sc3cc(Cl)ccc3c2Cl)C(C)(C)c2ccccc21. The lowest BCUT2D eigenvalue weighted by Gasteiger charge is -2.23. The summed E-state index contributed by atoms with van der Waals surface area (Å²) in [4.78, 5) is 27.4. The Labute approximate surface area is 188 Å². The maximum absolute atomic E-state index is 12.6. The first-order chi connectivity index (χ1) is 14.2. The van der Waals surface area contributed by atoms with Gasteiger partial charge in [-0.05, 0) is 23.8 Å². The van der Waals surface area contributed by atoms with E-state index in [0.717, 1.165) is 27.0 Å². The molecule has 0 amide bonds. The number of allylic oxidation sites excluding steroid dienone is 1. The Bertz CT molecular complexity index is 1210. The third-order valence-electron chi connectivity index (χ3n) is 5.36. The predicted molar refractivity (Wildman–Crippen MR) is 123 cm³/mol. The molecule has 7 heteroatoms. The number of nitrogens with zero attached hydrogens (tertiary/aromatic N) is 1. The second kappa shape index (κ2) is 7.73. The minimum absolute atomic E-state index is 0.264. The lowest BCUT2D eigenvalue weighted by molar-refractivity contribution is -0.117. The summed E-state index contributed by atoms with van der Waals surface area (Å²) in [5.41, 5.74) is 2.76. The van der Waals surface area contributed by atoms with Crippen molar-refractivity contribution in [1.29, 1.82) is 0 Å². The first-order valence-electron chi connectivity index (χ1n) is 9.33. The zero-order valence-electron chi connectivity index (χ0n) is 16.7. The highest BCUT2D eigenvalue weighted by Crippen LogP contribution is 2.46. The topological polar surface area (TPSA) is 46.6 Å². The largest absolute Gasteiger partial charge is 0.453 e. The number of benzene rings is 2. The number of ketones is 1. The molecule has 0 aliphatic carbocycles. The average Bonchev–Trinajstić information content (AvgIpc) is 3.13. The number of halogens is 2. The van der Waals surface area contributed by atoms with Gasteiger partial charge in [0.25, 0.3) is 0 Å². The highest BCUT2D eigenvalue weighted by atomic mass is 35.5. The molecule has 154 valence electrons. The molecule has 0 spiro atoms. The summed E-state index contributed by atoms with van der Waals surface area (Å²) < 4.78 is 6.05. The van der Waals surface area contributed by atoms with Crippen molar-refractivity contribution in [1.82, 2.24) is 0 Å². The molecule has 0 fully saturated rings. The van der Waals surface area contributed by atoms with Gasteiger partial charge in [0.05, 0.1) is 5.02 Å². The summed E-state index contributed by atoms with van der Waals surface area (Å²) in [7, 11) is 1.93. The molecule has 1 aliphatic rings. The van der Waals surface area contributed by atoms with Gasteiger partial charge in [0, 0.05) is 45.0 Å². The summed E-state index contributed by atoms with van der Waals surface area (Å²) >= 11 is 13.5. The molecule has 2 aromatic carbocycles. The van der Waals surface area contributed by atoms with Gasteiger partial charge in [-0.1, -0.05) is 61.3 Å². The normalized spacial score (nSPS) is 16.2. The number of fused-ring (bicyclic) bond motifs is 2. The number of ether oxygens (including phenoxy) is 1. The Morgan fingerprint density at radius 2 is 1.90 bits per heavy atom. The minimum atomic E-state index is -0.619. The summed E-state index contributed by atoms with van der Waals surface area (Å²) in [6.07, 6.45) is 1.56. The van der Waals surface area contributed by atoms with E-state index in [0.29, 0.717) is 10.0 Å². The standard InChI is InChI=1S/C23H19Cl2NO3S/c1-23(2)16-6-4-5-7-17(16)26(3)19(23)11-14(27)12-29-22(28)21-20(25)15-9-8-13(24)10-18(15)30-21/h4-11H,12H2,1-3H3. The van der Waals surface area contributed by atoms with Crippen molar-refractivity contribution >= 4 is 62.1 Å². The van der Waals surface area contributed by atoms with E-state index in [1.807, 2.05) is 30.1 Å². The molecule has 0 saturated heterocycles. The lowest BCUT2D eigenvalue weighted by Crippen LogP contribution is -2.25. The van der Waals surface area contributed by atoms with E-state index in [1.54, 1.807) is 24.3 Å². The van der Waals surface area contributed by atoms with Crippen molar-refractivity contribution in [3.63, 3.8) is 0 Å². The highest BCUT2D eigenvalue weighted by molar-refractivity contribution is 7.21. The first kappa shape index (κ1) is 20.9. The zero-order chi connectivity index (χ0) is 21.6. The van der Waals surface area contributed by atoms with Crippen LogP contribution >= 0.6 is 34.5 Å². The van der Waals surface area contributed by atoms with E-state index in [1.165, 1.54) is 11.3 Å². The number of rotatable bonds is 4. The predicted octanol–water partition coefficient (Wildman–Crippen LogP) is 6.25. The van der Waals surface area contributed by atoms with Crippen LogP contribution in [0.3, 0.4) is 0 Å². The number of likely N-dealkylation sites (N-methyl/N-ethyl adjacent to an activating group) is 1. The third kappa shape index (κ3) is 3.51. The average molecular weight is 460 g/mol. The summed E-state index contributed by atoms with van der Waals surface area (Å²) in [6, 6.07) is 13.3. The van der Waals surface area contributed by atoms with Gasteiger partial charge in [-0.3, -0.25) is 4.79 Å². The van der Waals surface area contributed by atoms with Crippen LogP contribution in [0.15, 0.2) is 54.2 Å². The van der Waals surface area contributed by atoms with Crippen LogP contribution in [-0.2, 0) is 14.9 Å². The quantitative estimate of drug-likeness (QED) is 0.341. The molecule has 0 saturated carbocycles. The van der Waals surface area contributed by atoms with Crippen molar-refractivity contribution < 1.29 is 14.3 Å². The number of esters is 1. The van der Waals surface area contributed by atoms with Crippen LogP contribution in [0.5, 0.6) is 0 Å². The van der Waals surface area contributed by atoms with Crippen molar-refractivity contribution in [3.8, 4) is 0 Å². The molecule has 0 atom stereocenters. The lowest BCUT2D eigenvalue weighted by atomic mass is 9.83. The van der Waals surface area contributed by atoms with Gasteiger partial charge in [-0.25, -0.2) is 4.79 Å². The number of thiophene rings is 1. The highest BCUT2D eigenvalue weighted by Gasteiger charge is 2.38. The molecule has 1 aromatic heterocycles. The van der Waals surface area contributed by atoms with E-state index in [9.17, 15) is 9.59 Å². The molecular weight excluding hydrogens is 441 g/mol. The third-order valence-corrected chi connectivity index (χ3v) is 7.23. The molecule has 0 unspecified atom stereocenters. The van der Waals surface area contributed by atoms with Crippen LogP contribution < -0.4 is 4.90 Å². The summed E-state index contributed by atoms with van der Waals surface area (Å²) in [5, 5.41) is 1.61. The van der Waals surface area contributed by atoms with Gasteiger partial charge in [-0.15, -0.1) is 11.3 Å². The van der Waals surface area contributed by atoms with Crippen LogP contribution in [-0.4, -0.2) is 25.4 Å². The molecule has 30 heavy (non-hydrogen) atoms. The second-order valence-corrected chi connectivity index (χ2v) is 9.53. The fourth-order valence-corrected chi connectivity index (χ4v) is 5.50. The Kier molecular flexibility index (Phi) is 5.39. The number of anilines is 1. The van der Waals surface area contributed by atoms with Crippen molar-refractivity contribution in [2.75, 3.05) is 18.6 Å². The summed E-state index contributed by atoms with van der Waals surface area (Å²) in [5.74, 6) is -0.905. The molecule has 3 aromatic rings. The Balaban J connectivity index is 1.50. The Morgan fingerprint density at radius 1 is 1.17 bits per heavy atom. The number of hydrogen-bond donors (Lipinski definition) is 0. The molecule has 2 heterocycles. The van der Waals surface area contributed by atoms with Crippen LogP contribution in [0.4, 0.5) is 5.69 Å². The number of para-hydroxylation sites is 1. The van der Waals surface area contributed by atoms with Crippen LogP contribution in [0.25, 0.3) is 10.1 Å². The van der Waals surface area contributed by atoms with Crippen LogP contribution in [0.2, 0.25) is 10.0 Å². The Hall–Kier alpha value is -2.34. The van der Waals surface area contributed by atoms with Crippen molar-refractivity contribution in [2.24, 2.45) is 0 Å². The van der Waals surface area contributed by atoms with Gasteiger partial charge >= 0.3 is 5.97 Å². The van der Waals surface area contributed by atoms with E-state index < -0.39 is 5.97 Å². The molecule has 0 bridgehead atoms. The van der Waals surface area contributed by atoms with E-state index in [-0.39, 0.29) is 22.7 Å². The van der Waals surface area contributed by atoms with Gasteiger partial charge in [0.2, 0.25) is 0 Å². The minimum Gasteiger partial charge on any atom is -0.453 e. The molecular formula is C23H19Cl2NO3S. The number of carbonyl (C=O) groups is 2. The zero-order valence-corrected chi connectivity index (χ0v) is 19.0. The molecule has 1 aliphatic heterocycles. The smallest absolute Gasteiger partial charge is 0.350 e. The van der Waals surface area contributed by atoms with Crippen molar-refractivity contribution in [3.05, 3.63) is 74.7 Å². The monoisotopic (exact) mass is 459 g/mol. The van der Waals surface area contributed by atoms with E-state index in [4.69, 9.17) is 27.9 Å². The van der Waals surface area contributed by atoms with E-state index >= 15 is 0 Å². The molecule has 0 N–H and O–H groups in total. The Morgan fingerprint density at radius 3 is 2.63 bits per heavy atom. The number of hydrogen-bond acceptors (Lipinski definition) is 5. The maximum atomic E-state index is 12.6. The van der Waals surface area contributed by atoms with Crippen molar-refractivity contribution in [2.45, 2.75) is 19.3 Å². The van der Waals surface area contributed by atoms with Crippen LogP contribution in [0.1, 0.15) is 29.1 Å². The molecule has 4 rings (SSSR count). The summed E-state index contributed by atoms with van der Waals surface area (Å²) in [6.45, 7) is 3.79. The van der Waals surface area contributed by atoms with E-state index in [2.05, 4.69) is 19.9 Å². The van der Waals surface area contributed by atoms with Crippen LogP contribution in [0, 0.1) is 0 Å². The molecule has 4 nitrogen and oxygen atoms in total. The fraction of sp³-hybridized carbons (Fsp3) is 0.217. The fourth-order valence-electron chi connectivity index (χ4n) is 3.83. The maximum Gasteiger partial charge on any atom is 0.350 e.